The van der Waals surface area contributed by atoms with Crippen LogP contribution in [0, 0.1) is 25.2 Å². The Balaban J connectivity index is 1.89. The second-order valence-electron chi connectivity index (χ2n) is 6.62. The minimum Gasteiger partial charge on any atom is -0.319 e. The molecule has 0 aliphatic carbocycles. The summed E-state index contributed by atoms with van der Waals surface area (Å²) >= 11 is 0. The van der Waals surface area contributed by atoms with E-state index in [2.05, 4.69) is 54.8 Å². The minimum atomic E-state index is 0.679. The number of rotatable bonds is 3. The van der Waals surface area contributed by atoms with Crippen molar-refractivity contribution < 1.29 is 0 Å². The molecule has 0 unspecified atom stereocenters. The van der Waals surface area contributed by atoms with E-state index in [0.29, 0.717) is 12.1 Å². The fraction of sp³-hybridized carbons (Fsp3) is 0.130. The van der Waals surface area contributed by atoms with Gasteiger partial charge in [0.05, 0.1) is 22.7 Å². The molecule has 0 saturated heterocycles. The van der Waals surface area contributed by atoms with Gasteiger partial charge in [0.2, 0.25) is 0 Å². The lowest BCUT2D eigenvalue weighted by atomic mass is 10.1. The molecule has 0 aliphatic rings. The second kappa shape index (κ2) is 6.50. The van der Waals surface area contributed by atoms with Crippen LogP contribution in [0.1, 0.15) is 22.3 Å². The van der Waals surface area contributed by atoms with E-state index in [1.54, 1.807) is 0 Å². The largest absolute Gasteiger partial charge is 0.319 e. The molecular formula is C23H19N3. The zero-order valence-corrected chi connectivity index (χ0v) is 14.9. The second-order valence-corrected chi connectivity index (χ2v) is 6.62. The maximum atomic E-state index is 9.18. The van der Waals surface area contributed by atoms with E-state index in [1.807, 2.05) is 36.4 Å². The summed E-state index contributed by atoms with van der Waals surface area (Å²) in [6.07, 6.45) is 0. The van der Waals surface area contributed by atoms with Crippen molar-refractivity contribution in [1.29, 1.82) is 5.26 Å². The molecule has 4 rings (SSSR count). The number of nitriles is 1. The Kier molecular flexibility index (Phi) is 4.02. The number of aryl methyl sites for hydroxylation is 2. The molecule has 1 heterocycles. The number of nitrogens with zero attached hydrogens (tertiary/aromatic N) is 3. The van der Waals surface area contributed by atoms with E-state index in [0.717, 1.165) is 28.0 Å². The van der Waals surface area contributed by atoms with Crippen LogP contribution in [-0.4, -0.2) is 9.55 Å². The van der Waals surface area contributed by atoms with Crippen molar-refractivity contribution in [3.8, 4) is 17.5 Å². The van der Waals surface area contributed by atoms with Gasteiger partial charge in [0, 0.05) is 12.1 Å². The Labute approximate surface area is 153 Å². The van der Waals surface area contributed by atoms with Gasteiger partial charge in [-0.1, -0.05) is 36.4 Å². The molecule has 3 heteroatoms. The number of hydrogen-bond donors (Lipinski definition) is 0. The van der Waals surface area contributed by atoms with Gasteiger partial charge >= 0.3 is 0 Å². The highest BCUT2D eigenvalue weighted by Gasteiger charge is 2.13. The third-order valence-electron chi connectivity index (χ3n) is 4.82. The summed E-state index contributed by atoms with van der Waals surface area (Å²) in [5.41, 5.74) is 7.50. The molecule has 0 amide bonds. The van der Waals surface area contributed by atoms with Gasteiger partial charge in [-0.2, -0.15) is 5.26 Å². The number of para-hydroxylation sites is 2. The van der Waals surface area contributed by atoms with Crippen molar-refractivity contribution >= 4 is 11.0 Å². The molecule has 0 saturated carbocycles. The van der Waals surface area contributed by atoms with Crippen LogP contribution in [0.4, 0.5) is 0 Å². The molecule has 26 heavy (non-hydrogen) atoms. The average Bonchev–Trinajstić information content (AvgIpc) is 3.03. The van der Waals surface area contributed by atoms with E-state index in [1.165, 1.54) is 11.1 Å². The molecule has 0 bridgehead atoms. The summed E-state index contributed by atoms with van der Waals surface area (Å²) in [5.74, 6) is 0.955. The number of imidazole rings is 1. The van der Waals surface area contributed by atoms with E-state index in [4.69, 9.17) is 4.98 Å². The van der Waals surface area contributed by atoms with Gasteiger partial charge in [-0.3, -0.25) is 0 Å². The molecule has 0 spiro atoms. The van der Waals surface area contributed by atoms with Crippen molar-refractivity contribution in [2.75, 3.05) is 0 Å². The summed E-state index contributed by atoms with van der Waals surface area (Å²) in [4.78, 5) is 4.89. The van der Waals surface area contributed by atoms with E-state index in [9.17, 15) is 5.26 Å². The van der Waals surface area contributed by atoms with Crippen LogP contribution >= 0.6 is 0 Å². The Hall–Kier alpha value is -3.38. The van der Waals surface area contributed by atoms with Gasteiger partial charge in [0.25, 0.3) is 0 Å². The summed E-state index contributed by atoms with van der Waals surface area (Å²) in [6.45, 7) is 4.93. The van der Waals surface area contributed by atoms with Gasteiger partial charge < -0.3 is 4.57 Å². The Bertz CT molecular complexity index is 1150. The quantitative estimate of drug-likeness (QED) is 0.513. The zero-order chi connectivity index (χ0) is 18.1. The van der Waals surface area contributed by atoms with Gasteiger partial charge in [0.15, 0.2) is 0 Å². The smallest absolute Gasteiger partial charge is 0.141 e. The molecule has 4 aromatic rings. The lowest BCUT2D eigenvalue weighted by molar-refractivity contribution is 0.834. The highest BCUT2D eigenvalue weighted by molar-refractivity contribution is 5.81. The predicted octanol–water partition coefficient (Wildman–Crippen LogP) is 5.24. The lowest BCUT2D eigenvalue weighted by Crippen LogP contribution is -2.03. The van der Waals surface area contributed by atoms with Gasteiger partial charge in [0.1, 0.15) is 5.82 Å². The first-order chi connectivity index (χ1) is 12.7. The maximum Gasteiger partial charge on any atom is 0.141 e. The maximum absolute atomic E-state index is 9.18. The third kappa shape index (κ3) is 2.87. The van der Waals surface area contributed by atoms with Crippen molar-refractivity contribution in [2.45, 2.75) is 20.4 Å². The highest BCUT2D eigenvalue weighted by Crippen LogP contribution is 2.27. The van der Waals surface area contributed by atoms with Crippen LogP contribution in [0.25, 0.3) is 22.4 Å². The van der Waals surface area contributed by atoms with Gasteiger partial charge in [-0.15, -0.1) is 0 Å². The highest BCUT2D eigenvalue weighted by atomic mass is 15.1. The van der Waals surface area contributed by atoms with Crippen LogP contribution in [-0.2, 0) is 6.54 Å². The van der Waals surface area contributed by atoms with Crippen LogP contribution in [0.3, 0.4) is 0 Å². The SMILES string of the molecule is Cc1ccc(-c2nc3ccccc3n2Cc2cccc(C#N)c2)cc1C. The molecule has 0 fully saturated rings. The molecule has 0 aliphatic heterocycles. The van der Waals surface area contributed by atoms with Crippen molar-refractivity contribution in [3.63, 3.8) is 0 Å². The average molecular weight is 337 g/mol. The van der Waals surface area contributed by atoms with Crippen LogP contribution in [0.15, 0.2) is 66.7 Å². The lowest BCUT2D eigenvalue weighted by Gasteiger charge is -2.11. The Morgan fingerprint density at radius 2 is 1.77 bits per heavy atom. The summed E-state index contributed by atoms with van der Waals surface area (Å²) < 4.78 is 2.23. The third-order valence-corrected chi connectivity index (χ3v) is 4.82. The standard InChI is InChI=1S/C23H19N3/c1-16-10-11-20(12-17(16)2)23-25-21-8-3-4-9-22(21)26(23)15-19-7-5-6-18(13-19)14-24/h3-13H,15H2,1-2H3. The molecule has 0 N–H and O–H groups in total. The first-order valence-corrected chi connectivity index (χ1v) is 8.67. The summed E-state index contributed by atoms with van der Waals surface area (Å²) in [6, 6.07) is 24.6. The molecular weight excluding hydrogens is 318 g/mol. The van der Waals surface area contributed by atoms with Gasteiger partial charge in [-0.25, -0.2) is 4.98 Å². The van der Waals surface area contributed by atoms with E-state index >= 15 is 0 Å². The molecule has 0 radical (unpaired) electrons. The number of hydrogen-bond acceptors (Lipinski definition) is 2. The molecule has 0 atom stereocenters. The van der Waals surface area contributed by atoms with Crippen LogP contribution in [0.5, 0.6) is 0 Å². The predicted molar refractivity (Wildman–Crippen MR) is 105 cm³/mol. The molecule has 1 aromatic heterocycles. The normalized spacial score (nSPS) is 10.8. The first-order valence-electron chi connectivity index (χ1n) is 8.67. The van der Waals surface area contributed by atoms with Crippen LogP contribution < -0.4 is 0 Å². The molecule has 3 aromatic carbocycles. The fourth-order valence-electron chi connectivity index (χ4n) is 3.26. The van der Waals surface area contributed by atoms with Crippen molar-refractivity contribution in [3.05, 3.63) is 89.0 Å². The van der Waals surface area contributed by atoms with Gasteiger partial charge in [-0.05, 0) is 60.9 Å². The molecule has 126 valence electrons. The van der Waals surface area contributed by atoms with E-state index < -0.39 is 0 Å². The number of fused-ring (bicyclic) bond motifs is 1. The monoisotopic (exact) mass is 337 g/mol. The summed E-state index contributed by atoms with van der Waals surface area (Å²) in [7, 11) is 0. The first kappa shape index (κ1) is 16.1. The fourth-order valence-corrected chi connectivity index (χ4v) is 3.26. The molecule has 3 nitrogen and oxygen atoms in total. The minimum absolute atomic E-state index is 0.679. The Morgan fingerprint density at radius 1 is 0.923 bits per heavy atom. The van der Waals surface area contributed by atoms with Crippen LogP contribution in [0.2, 0.25) is 0 Å². The van der Waals surface area contributed by atoms with E-state index in [-0.39, 0.29) is 0 Å². The number of aromatic nitrogens is 2. The Morgan fingerprint density at radius 3 is 2.58 bits per heavy atom. The topological polar surface area (TPSA) is 41.6 Å². The summed E-state index contributed by atoms with van der Waals surface area (Å²) in [5, 5.41) is 9.18. The zero-order valence-electron chi connectivity index (χ0n) is 14.9. The van der Waals surface area contributed by atoms with Crippen molar-refractivity contribution in [1.82, 2.24) is 9.55 Å². The van der Waals surface area contributed by atoms with Crippen molar-refractivity contribution in [2.24, 2.45) is 0 Å². The number of benzene rings is 3.